The van der Waals surface area contributed by atoms with Crippen molar-refractivity contribution in [2.24, 2.45) is 0 Å². The van der Waals surface area contributed by atoms with E-state index in [0.717, 1.165) is 6.42 Å². The summed E-state index contributed by atoms with van der Waals surface area (Å²) in [6.45, 7) is 2.12. The van der Waals surface area contributed by atoms with E-state index in [4.69, 9.17) is 0 Å². The number of halogens is 1. The van der Waals surface area contributed by atoms with E-state index in [-0.39, 0.29) is 0 Å². The highest BCUT2D eigenvalue weighted by Crippen LogP contribution is 2.40. The van der Waals surface area contributed by atoms with Crippen LogP contribution in [0.4, 0.5) is 0 Å². The molecule has 0 nitrogen and oxygen atoms in total. The predicted molar refractivity (Wildman–Crippen MR) is 107 cm³/mol. The summed E-state index contributed by atoms with van der Waals surface area (Å²) in [7, 11) is 0. The molecular formula is C23H19Br. The van der Waals surface area contributed by atoms with Crippen LogP contribution in [0, 0.1) is 6.92 Å². The third-order valence-electron chi connectivity index (χ3n) is 4.69. The molecule has 0 saturated heterocycles. The fourth-order valence-corrected chi connectivity index (χ4v) is 4.21. The standard InChI is InChI=1S/C23H19Br/c1-16-6-8-17(9-7-16)10-11-18-12-13-22-20(14-18)15-19-4-2-3-5-21(19)23(22)24/h2-14,23H,15H2,1H3/b11-10+/t23-/m0/s1. The molecule has 0 aromatic heterocycles. The summed E-state index contributed by atoms with van der Waals surface area (Å²) in [6.07, 6.45) is 5.40. The van der Waals surface area contributed by atoms with Crippen LogP contribution in [-0.2, 0) is 6.42 Å². The third-order valence-corrected chi connectivity index (χ3v) is 5.68. The van der Waals surface area contributed by atoms with Crippen LogP contribution in [0.25, 0.3) is 12.2 Å². The molecule has 24 heavy (non-hydrogen) atoms. The SMILES string of the molecule is Cc1ccc(/C=C/c2ccc3c(c2)Cc2ccccc2[C@@H]3Br)cc1. The summed E-state index contributed by atoms with van der Waals surface area (Å²) in [6, 6.07) is 24.1. The number of alkyl halides is 1. The molecule has 0 saturated carbocycles. The van der Waals surface area contributed by atoms with E-state index in [9.17, 15) is 0 Å². The molecule has 0 heterocycles. The monoisotopic (exact) mass is 374 g/mol. The van der Waals surface area contributed by atoms with Crippen molar-refractivity contribution in [3.63, 3.8) is 0 Å². The van der Waals surface area contributed by atoms with Gasteiger partial charge in [-0.05, 0) is 46.7 Å². The topological polar surface area (TPSA) is 0 Å². The zero-order valence-electron chi connectivity index (χ0n) is 13.7. The van der Waals surface area contributed by atoms with Crippen LogP contribution in [0.5, 0.6) is 0 Å². The maximum atomic E-state index is 3.87. The molecule has 3 aromatic rings. The molecule has 0 spiro atoms. The Kier molecular flexibility index (Phi) is 4.12. The van der Waals surface area contributed by atoms with Gasteiger partial charge in [0.05, 0.1) is 4.83 Å². The molecule has 1 atom stereocenters. The molecule has 0 amide bonds. The Balaban J connectivity index is 1.64. The molecule has 3 aromatic carbocycles. The van der Waals surface area contributed by atoms with Crippen LogP contribution in [0.15, 0.2) is 66.7 Å². The second-order valence-corrected chi connectivity index (χ2v) is 7.36. The molecule has 118 valence electrons. The van der Waals surface area contributed by atoms with Gasteiger partial charge < -0.3 is 0 Å². The third kappa shape index (κ3) is 2.97. The first-order chi connectivity index (χ1) is 11.7. The van der Waals surface area contributed by atoms with Crippen molar-refractivity contribution in [1.29, 1.82) is 0 Å². The van der Waals surface area contributed by atoms with Gasteiger partial charge in [-0.2, -0.15) is 0 Å². The lowest BCUT2D eigenvalue weighted by atomic mass is 9.85. The number of hydrogen-bond donors (Lipinski definition) is 0. The summed E-state index contributed by atoms with van der Waals surface area (Å²) in [5.74, 6) is 0. The lowest BCUT2D eigenvalue weighted by molar-refractivity contribution is 0.993. The van der Waals surface area contributed by atoms with E-state index in [2.05, 4.69) is 102 Å². The number of hydrogen-bond acceptors (Lipinski definition) is 0. The van der Waals surface area contributed by atoms with Crippen LogP contribution in [0.1, 0.15) is 43.8 Å². The quantitative estimate of drug-likeness (QED) is 0.352. The Labute approximate surface area is 152 Å². The first kappa shape index (κ1) is 15.4. The Morgan fingerprint density at radius 2 is 1.46 bits per heavy atom. The molecule has 0 fully saturated rings. The van der Waals surface area contributed by atoms with Crippen molar-refractivity contribution in [3.8, 4) is 0 Å². The van der Waals surface area contributed by atoms with Crippen molar-refractivity contribution < 1.29 is 0 Å². The molecule has 1 aliphatic rings. The van der Waals surface area contributed by atoms with Crippen molar-refractivity contribution in [2.45, 2.75) is 18.2 Å². The zero-order valence-corrected chi connectivity index (χ0v) is 15.3. The lowest BCUT2D eigenvalue weighted by Gasteiger charge is -2.24. The molecular weight excluding hydrogens is 356 g/mol. The van der Waals surface area contributed by atoms with Gasteiger partial charge in [-0.3, -0.25) is 0 Å². The second kappa shape index (κ2) is 6.41. The van der Waals surface area contributed by atoms with Gasteiger partial charge >= 0.3 is 0 Å². The van der Waals surface area contributed by atoms with Gasteiger partial charge in [0.25, 0.3) is 0 Å². The molecule has 0 radical (unpaired) electrons. The van der Waals surface area contributed by atoms with Crippen LogP contribution < -0.4 is 0 Å². The first-order valence-electron chi connectivity index (χ1n) is 8.30. The Morgan fingerprint density at radius 3 is 2.29 bits per heavy atom. The van der Waals surface area contributed by atoms with E-state index in [1.54, 1.807) is 0 Å². The largest absolute Gasteiger partial charge is 0.0786 e. The fourth-order valence-electron chi connectivity index (χ4n) is 3.31. The van der Waals surface area contributed by atoms with E-state index in [1.165, 1.54) is 38.9 Å². The maximum absolute atomic E-state index is 3.87. The average Bonchev–Trinajstić information content (AvgIpc) is 2.61. The summed E-state index contributed by atoms with van der Waals surface area (Å²) >= 11 is 3.87. The molecule has 1 heteroatoms. The number of fused-ring (bicyclic) bond motifs is 2. The van der Waals surface area contributed by atoms with Crippen molar-refractivity contribution in [3.05, 3.63) is 106 Å². The molecule has 0 bridgehead atoms. The zero-order chi connectivity index (χ0) is 16.5. The smallest absolute Gasteiger partial charge is 0.0650 e. The molecule has 0 N–H and O–H groups in total. The van der Waals surface area contributed by atoms with Crippen LogP contribution >= 0.6 is 15.9 Å². The minimum Gasteiger partial charge on any atom is -0.0786 e. The van der Waals surface area contributed by atoms with Gasteiger partial charge in [0.1, 0.15) is 0 Å². The van der Waals surface area contributed by atoms with E-state index < -0.39 is 0 Å². The van der Waals surface area contributed by atoms with Crippen molar-refractivity contribution >= 4 is 28.1 Å². The van der Waals surface area contributed by atoms with Crippen molar-refractivity contribution in [2.75, 3.05) is 0 Å². The normalized spacial score (nSPS) is 16.0. The fraction of sp³-hybridized carbons (Fsp3) is 0.130. The summed E-state index contributed by atoms with van der Waals surface area (Å²) < 4.78 is 0. The summed E-state index contributed by atoms with van der Waals surface area (Å²) in [4.78, 5) is 0.299. The van der Waals surface area contributed by atoms with E-state index in [0.29, 0.717) is 4.83 Å². The maximum Gasteiger partial charge on any atom is 0.0650 e. The van der Waals surface area contributed by atoms with E-state index >= 15 is 0 Å². The van der Waals surface area contributed by atoms with Crippen LogP contribution in [0.2, 0.25) is 0 Å². The molecule has 0 unspecified atom stereocenters. The minimum absolute atomic E-state index is 0.299. The highest BCUT2D eigenvalue weighted by atomic mass is 79.9. The lowest BCUT2D eigenvalue weighted by Crippen LogP contribution is -2.09. The number of aryl methyl sites for hydroxylation is 1. The van der Waals surface area contributed by atoms with Crippen LogP contribution in [0.3, 0.4) is 0 Å². The summed E-state index contributed by atoms with van der Waals surface area (Å²) in [5, 5.41) is 0. The Morgan fingerprint density at radius 1 is 0.792 bits per heavy atom. The van der Waals surface area contributed by atoms with Gasteiger partial charge in [-0.25, -0.2) is 0 Å². The highest BCUT2D eigenvalue weighted by molar-refractivity contribution is 9.09. The average molecular weight is 375 g/mol. The van der Waals surface area contributed by atoms with Gasteiger partial charge in [0, 0.05) is 0 Å². The molecule has 1 aliphatic carbocycles. The summed E-state index contributed by atoms with van der Waals surface area (Å²) in [5.41, 5.74) is 9.42. The first-order valence-corrected chi connectivity index (χ1v) is 9.22. The van der Waals surface area contributed by atoms with Crippen LogP contribution in [-0.4, -0.2) is 0 Å². The Bertz CT molecular complexity index is 904. The van der Waals surface area contributed by atoms with Gasteiger partial charge in [-0.1, -0.05) is 100 Å². The number of benzene rings is 3. The van der Waals surface area contributed by atoms with Gasteiger partial charge in [0.2, 0.25) is 0 Å². The number of rotatable bonds is 2. The van der Waals surface area contributed by atoms with Crippen molar-refractivity contribution in [1.82, 2.24) is 0 Å². The highest BCUT2D eigenvalue weighted by Gasteiger charge is 2.22. The van der Waals surface area contributed by atoms with Gasteiger partial charge in [0.15, 0.2) is 0 Å². The van der Waals surface area contributed by atoms with E-state index in [1.807, 2.05) is 0 Å². The molecule has 0 aliphatic heterocycles. The second-order valence-electron chi connectivity index (χ2n) is 6.44. The molecule has 4 rings (SSSR count). The Hall–Kier alpha value is -2.12. The minimum atomic E-state index is 0.299. The predicted octanol–water partition coefficient (Wildman–Crippen LogP) is 6.55. The van der Waals surface area contributed by atoms with Gasteiger partial charge in [-0.15, -0.1) is 0 Å².